The molecule has 0 atom stereocenters. The Hall–Kier alpha value is -1.07. The average Bonchev–Trinajstić information content (AvgIpc) is 2.64. The highest BCUT2D eigenvalue weighted by Gasteiger charge is 2.33. The van der Waals surface area contributed by atoms with Crippen LogP contribution < -0.4 is 0 Å². The van der Waals surface area contributed by atoms with Crippen LogP contribution in [0.1, 0.15) is 31.2 Å². The molecule has 10 heteroatoms. The van der Waals surface area contributed by atoms with Gasteiger partial charge < -0.3 is 4.74 Å². The van der Waals surface area contributed by atoms with E-state index < -0.39 is 25.9 Å². The van der Waals surface area contributed by atoms with Gasteiger partial charge in [0.2, 0.25) is 20.0 Å². The zero-order valence-electron chi connectivity index (χ0n) is 16.2. The first-order chi connectivity index (χ1) is 13.1. The van der Waals surface area contributed by atoms with Crippen molar-refractivity contribution in [3.63, 3.8) is 0 Å². The zero-order valence-corrected chi connectivity index (χ0v) is 17.8. The van der Waals surface area contributed by atoms with E-state index in [-0.39, 0.29) is 17.1 Å². The fourth-order valence-corrected chi connectivity index (χ4v) is 6.35. The van der Waals surface area contributed by atoms with Crippen LogP contribution in [0.5, 0.6) is 0 Å². The summed E-state index contributed by atoms with van der Waals surface area (Å²) in [6, 6.07) is 3.80. The van der Waals surface area contributed by atoms with Gasteiger partial charge in [-0.15, -0.1) is 0 Å². The van der Waals surface area contributed by atoms with Gasteiger partial charge in [-0.1, -0.05) is 6.07 Å². The first-order valence-corrected chi connectivity index (χ1v) is 12.7. The lowest BCUT2D eigenvalue weighted by Gasteiger charge is -2.36. The van der Waals surface area contributed by atoms with Gasteiger partial charge >= 0.3 is 0 Å². The molecule has 7 nitrogen and oxygen atoms in total. The highest BCUT2D eigenvalue weighted by Crippen LogP contribution is 2.27. The summed E-state index contributed by atoms with van der Waals surface area (Å²) < 4.78 is 71.3. The van der Waals surface area contributed by atoms with Crippen molar-refractivity contribution in [3.05, 3.63) is 29.6 Å². The fourth-order valence-electron chi connectivity index (χ4n) is 3.77. The smallest absolute Gasteiger partial charge is 0.243 e. The van der Waals surface area contributed by atoms with E-state index in [1.807, 2.05) is 0 Å². The van der Waals surface area contributed by atoms with Crippen molar-refractivity contribution in [1.29, 1.82) is 0 Å². The van der Waals surface area contributed by atoms with E-state index in [0.29, 0.717) is 57.4 Å². The van der Waals surface area contributed by atoms with Crippen molar-refractivity contribution in [2.24, 2.45) is 0 Å². The van der Waals surface area contributed by atoms with Crippen molar-refractivity contribution in [1.82, 2.24) is 8.61 Å². The van der Waals surface area contributed by atoms with Crippen LogP contribution >= 0.6 is 0 Å². The molecule has 28 heavy (non-hydrogen) atoms. The van der Waals surface area contributed by atoms with Gasteiger partial charge in [-0.3, -0.25) is 0 Å². The minimum absolute atomic E-state index is 0.00313. The summed E-state index contributed by atoms with van der Waals surface area (Å²) in [6.45, 7) is 3.21. The molecule has 3 rings (SSSR count). The second-order valence-electron chi connectivity index (χ2n) is 7.51. The molecule has 2 aliphatic rings. The minimum Gasteiger partial charge on any atom is -0.375 e. The van der Waals surface area contributed by atoms with Crippen LogP contribution in [0.3, 0.4) is 0 Å². The number of benzene rings is 1. The number of piperidine rings is 2. The molecule has 0 unspecified atom stereocenters. The van der Waals surface area contributed by atoms with Crippen molar-refractivity contribution in [2.45, 2.75) is 49.7 Å². The molecule has 2 saturated heterocycles. The molecule has 0 amide bonds. The molecule has 1 aromatic rings. The Morgan fingerprint density at radius 1 is 0.929 bits per heavy atom. The third-order valence-electron chi connectivity index (χ3n) is 5.42. The molecule has 0 aliphatic carbocycles. The molecule has 0 radical (unpaired) electrons. The predicted octanol–water partition coefficient (Wildman–Crippen LogP) is 1.73. The Morgan fingerprint density at radius 2 is 1.43 bits per heavy atom. The number of rotatable bonds is 5. The van der Waals surface area contributed by atoms with Crippen molar-refractivity contribution in [2.75, 3.05) is 32.4 Å². The largest absolute Gasteiger partial charge is 0.375 e. The molecular weight excluding hydrogens is 407 g/mol. The van der Waals surface area contributed by atoms with E-state index >= 15 is 0 Å². The number of hydrogen-bond acceptors (Lipinski definition) is 5. The van der Waals surface area contributed by atoms with Gasteiger partial charge in [-0.25, -0.2) is 25.5 Å². The van der Waals surface area contributed by atoms with Crippen molar-refractivity contribution < 1.29 is 26.0 Å². The number of ether oxygens (including phenoxy) is 1. The summed E-state index contributed by atoms with van der Waals surface area (Å²) >= 11 is 0. The molecule has 0 saturated carbocycles. The van der Waals surface area contributed by atoms with Gasteiger partial charge in [0.25, 0.3) is 0 Å². The summed E-state index contributed by atoms with van der Waals surface area (Å²) in [4.78, 5) is 0.0139. The van der Waals surface area contributed by atoms with Crippen LogP contribution in [0.15, 0.2) is 23.1 Å². The van der Waals surface area contributed by atoms with E-state index in [1.165, 1.54) is 27.0 Å². The van der Waals surface area contributed by atoms with E-state index in [4.69, 9.17) is 4.74 Å². The van der Waals surface area contributed by atoms with Gasteiger partial charge in [0.1, 0.15) is 5.82 Å². The average molecular weight is 435 g/mol. The van der Waals surface area contributed by atoms with Crippen LogP contribution in [0.2, 0.25) is 0 Å². The Bertz CT molecular complexity index is 904. The molecule has 2 fully saturated rings. The molecule has 2 aliphatic heterocycles. The second-order valence-corrected chi connectivity index (χ2v) is 11.4. The lowest BCUT2D eigenvalue weighted by atomic mass is 10.1. The quantitative estimate of drug-likeness (QED) is 0.705. The molecule has 0 N–H and O–H groups in total. The maximum Gasteiger partial charge on any atom is 0.243 e. The molecule has 158 valence electrons. The Morgan fingerprint density at radius 3 is 1.93 bits per heavy atom. The molecule has 0 spiro atoms. The van der Waals surface area contributed by atoms with E-state index in [0.717, 1.165) is 6.07 Å². The number of nitrogens with zero attached hydrogens (tertiary/aromatic N) is 2. The maximum absolute atomic E-state index is 13.5. The standard InChI is InChI=1S/C18H27FN2O5S2/c1-14-3-4-15(19)13-18(14)28(24,25)21-11-7-17(8-12-21)26-16-5-9-20(10-6-16)27(2,22)23/h3-4,13,16-17H,5-12H2,1-2H3. The molecule has 2 heterocycles. The van der Waals surface area contributed by atoms with Gasteiger partial charge in [-0.2, -0.15) is 4.31 Å². The summed E-state index contributed by atoms with van der Waals surface area (Å²) in [5, 5.41) is 0. The van der Waals surface area contributed by atoms with E-state index in [1.54, 1.807) is 6.92 Å². The highest BCUT2D eigenvalue weighted by molar-refractivity contribution is 7.89. The lowest BCUT2D eigenvalue weighted by molar-refractivity contribution is -0.0519. The molecule has 0 bridgehead atoms. The summed E-state index contributed by atoms with van der Waals surface area (Å²) in [5.74, 6) is -0.567. The SMILES string of the molecule is Cc1ccc(F)cc1S(=O)(=O)N1CCC(OC2CCN(S(C)(=O)=O)CC2)CC1. The summed E-state index contributed by atoms with van der Waals surface area (Å²) in [5.41, 5.74) is 0.525. The monoisotopic (exact) mass is 434 g/mol. The Kier molecular flexibility index (Phi) is 6.45. The highest BCUT2D eigenvalue weighted by atomic mass is 32.2. The fraction of sp³-hybridized carbons (Fsp3) is 0.667. The predicted molar refractivity (Wildman–Crippen MR) is 103 cm³/mol. The third kappa shape index (κ3) is 4.91. The first kappa shape index (κ1) is 21.6. The molecule has 1 aromatic carbocycles. The van der Waals surface area contributed by atoms with Crippen molar-refractivity contribution in [3.8, 4) is 0 Å². The normalized spacial score (nSPS) is 21.8. The Balaban J connectivity index is 1.54. The van der Waals surface area contributed by atoms with Crippen LogP contribution in [0.25, 0.3) is 0 Å². The topological polar surface area (TPSA) is 84.0 Å². The van der Waals surface area contributed by atoms with Crippen LogP contribution in [0, 0.1) is 12.7 Å². The first-order valence-electron chi connectivity index (χ1n) is 9.44. The van der Waals surface area contributed by atoms with Crippen molar-refractivity contribution >= 4 is 20.0 Å². The maximum atomic E-state index is 13.5. The second kappa shape index (κ2) is 8.35. The van der Waals surface area contributed by atoms with Gasteiger partial charge in [0, 0.05) is 26.2 Å². The summed E-state index contributed by atoms with van der Waals surface area (Å²) in [6.07, 6.45) is 3.60. The lowest BCUT2D eigenvalue weighted by Crippen LogP contribution is -2.44. The number of aryl methyl sites for hydroxylation is 1. The van der Waals surface area contributed by atoms with E-state index in [9.17, 15) is 21.2 Å². The number of hydrogen-bond donors (Lipinski definition) is 0. The number of halogens is 1. The van der Waals surface area contributed by atoms with Crippen LogP contribution in [-0.4, -0.2) is 70.1 Å². The Labute approximate surface area is 166 Å². The third-order valence-corrected chi connectivity index (χ3v) is 8.77. The summed E-state index contributed by atoms with van der Waals surface area (Å²) in [7, 11) is -6.89. The van der Waals surface area contributed by atoms with Gasteiger partial charge in [0.15, 0.2) is 0 Å². The number of sulfonamides is 2. The van der Waals surface area contributed by atoms with E-state index in [2.05, 4.69) is 0 Å². The van der Waals surface area contributed by atoms with Crippen LogP contribution in [-0.2, 0) is 24.8 Å². The van der Waals surface area contributed by atoms with Gasteiger partial charge in [0.05, 0.1) is 23.4 Å². The zero-order chi connectivity index (χ0) is 20.5. The van der Waals surface area contributed by atoms with Gasteiger partial charge in [-0.05, 0) is 50.3 Å². The van der Waals surface area contributed by atoms with Crippen LogP contribution in [0.4, 0.5) is 4.39 Å². The minimum atomic E-state index is -3.73. The molecular formula is C18H27FN2O5S2. The molecule has 0 aromatic heterocycles.